The van der Waals surface area contributed by atoms with Crippen LogP contribution in [-0.2, 0) is 16.1 Å². The van der Waals surface area contributed by atoms with Crippen LogP contribution < -0.4 is 11.2 Å². The van der Waals surface area contributed by atoms with Crippen molar-refractivity contribution >= 4 is 34.3 Å². The summed E-state index contributed by atoms with van der Waals surface area (Å²) in [7, 11) is 0. The molecule has 4 rings (SSSR count). The second-order valence-electron chi connectivity index (χ2n) is 7.90. The highest BCUT2D eigenvalue weighted by Crippen LogP contribution is 2.17. The van der Waals surface area contributed by atoms with Gasteiger partial charge in [0.15, 0.2) is 0 Å². The molecule has 0 bridgehead atoms. The van der Waals surface area contributed by atoms with E-state index in [1.807, 2.05) is 13.0 Å². The molecule has 1 aromatic heterocycles. The maximum atomic E-state index is 13.4. The van der Waals surface area contributed by atoms with E-state index in [1.54, 1.807) is 40.1 Å². The molecule has 1 saturated heterocycles. The predicted octanol–water partition coefficient (Wildman–Crippen LogP) is 1.80. The molecule has 0 radical (unpaired) electrons. The van der Waals surface area contributed by atoms with E-state index >= 15 is 0 Å². The van der Waals surface area contributed by atoms with Crippen LogP contribution in [-0.4, -0.2) is 56.9 Å². The average molecular weight is 455 g/mol. The zero-order valence-electron chi connectivity index (χ0n) is 17.9. The minimum Gasteiger partial charge on any atom is -0.339 e. The molecule has 2 heterocycles. The number of amides is 2. The number of carbonyl (C=O) groups is 2. The molecule has 1 aliphatic rings. The van der Waals surface area contributed by atoms with E-state index in [9.17, 15) is 19.2 Å². The number of nitrogens with zero attached hydrogens (tertiary/aromatic N) is 4. The summed E-state index contributed by atoms with van der Waals surface area (Å²) in [5.74, 6) is -0.287. The molecule has 9 heteroatoms. The van der Waals surface area contributed by atoms with Crippen molar-refractivity contribution < 1.29 is 9.59 Å². The molecule has 0 N–H and O–H groups in total. The fourth-order valence-corrected chi connectivity index (χ4v) is 4.16. The van der Waals surface area contributed by atoms with Crippen molar-refractivity contribution in [3.63, 3.8) is 0 Å². The number of rotatable bonds is 3. The largest absolute Gasteiger partial charge is 0.339 e. The molecule has 8 nitrogen and oxygen atoms in total. The van der Waals surface area contributed by atoms with Gasteiger partial charge in [0.2, 0.25) is 11.8 Å². The normalized spacial score (nSPS) is 14.1. The summed E-state index contributed by atoms with van der Waals surface area (Å²) in [6.45, 7) is 4.82. The van der Waals surface area contributed by atoms with Crippen LogP contribution in [0.25, 0.3) is 16.6 Å². The second kappa shape index (κ2) is 8.63. The summed E-state index contributed by atoms with van der Waals surface area (Å²) in [6.07, 6.45) is 0. The van der Waals surface area contributed by atoms with Crippen LogP contribution in [0.1, 0.15) is 12.5 Å². The minimum atomic E-state index is -0.605. The van der Waals surface area contributed by atoms with Gasteiger partial charge in [0, 0.05) is 38.1 Å². The summed E-state index contributed by atoms with van der Waals surface area (Å²) in [5, 5.41) is 0.658. The zero-order valence-corrected chi connectivity index (χ0v) is 18.6. The molecule has 3 aromatic rings. The Labute approximate surface area is 189 Å². The summed E-state index contributed by atoms with van der Waals surface area (Å²) in [5.41, 5.74) is 0.577. The number of piperazine rings is 1. The number of fused-ring (bicyclic) bond motifs is 1. The van der Waals surface area contributed by atoms with Crippen molar-refractivity contribution in [1.82, 2.24) is 18.9 Å². The Bertz CT molecular complexity index is 1340. The molecule has 0 saturated carbocycles. The maximum Gasteiger partial charge on any atom is 0.336 e. The number of aryl methyl sites for hydroxylation is 1. The molecule has 0 atom stereocenters. The topological polar surface area (TPSA) is 84.6 Å². The monoisotopic (exact) mass is 454 g/mol. The second-order valence-corrected chi connectivity index (χ2v) is 8.33. The first-order valence-corrected chi connectivity index (χ1v) is 10.7. The van der Waals surface area contributed by atoms with Crippen molar-refractivity contribution in [2.24, 2.45) is 0 Å². The molecule has 0 spiro atoms. The highest BCUT2D eigenvalue weighted by molar-refractivity contribution is 6.31. The first kappa shape index (κ1) is 21.8. The molecule has 0 aliphatic carbocycles. The van der Waals surface area contributed by atoms with E-state index < -0.39 is 11.2 Å². The van der Waals surface area contributed by atoms with Gasteiger partial charge in [-0.15, -0.1) is 0 Å². The fraction of sp³-hybridized carbons (Fsp3) is 0.304. The van der Waals surface area contributed by atoms with Crippen molar-refractivity contribution in [2.45, 2.75) is 20.4 Å². The van der Waals surface area contributed by atoms with Crippen molar-refractivity contribution in [1.29, 1.82) is 0 Å². The van der Waals surface area contributed by atoms with Gasteiger partial charge in [-0.25, -0.2) is 9.36 Å². The lowest BCUT2D eigenvalue weighted by atomic mass is 10.2. The molecule has 166 valence electrons. The smallest absolute Gasteiger partial charge is 0.336 e. The van der Waals surface area contributed by atoms with E-state index in [0.717, 1.165) is 10.1 Å². The number of aromatic nitrogens is 2. The van der Waals surface area contributed by atoms with Crippen LogP contribution in [0.3, 0.4) is 0 Å². The molecule has 1 fully saturated rings. The Morgan fingerprint density at radius 3 is 2.31 bits per heavy atom. The van der Waals surface area contributed by atoms with Gasteiger partial charge in [0.1, 0.15) is 6.54 Å². The quantitative estimate of drug-likeness (QED) is 0.604. The first-order chi connectivity index (χ1) is 15.3. The van der Waals surface area contributed by atoms with Crippen LogP contribution in [0.5, 0.6) is 0 Å². The Morgan fingerprint density at radius 2 is 1.66 bits per heavy atom. The lowest BCUT2D eigenvalue weighted by molar-refractivity contribution is -0.138. The van der Waals surface area contributed by atoms with Gasteiger partial charge >= 0.3 is 5.69 Å². The lowest BCUT2D eigenvalue weighted by Crippen LogP contribution is -2.51. The van der Waals surface area contributed by atoms with Gasteiger partial charge in [0.05, 0.1) is 16.6 Å². The third-order valence-electron chi connectivity index (χ3n) is 5.74. The molecular formula is C23H23ClN4O4. The molecular weight excluding hydrogens is 432 g/mol. The molecule has 0 unspecified atom stereocenters. The molecule has 1 aliphatic heterocycles. The third kappa shape index (κ3) is 4.05. The minimum absolute atomic E-state index is 0.0285. The summed E-state index contributed by atoms with van der Waals surface area (Å²) in [4.78, 5) is 54.5. The Morgan fingerprint density at radius 1 is 0.969 bits per heavy atom. The van der Waals surface area contributed by atoms with Crippen LogP contribution in [0, 0.1) is 6.92 Å². The standard InChI is InChI=1S/C23H23ClN4O4/c1-15-4-3-5-18(12-15)28-22(31)19-7-6-17(24)13-20(19)27(23(28)32)14-21(30)26-10-8-25(9-11-26)16(2)29/h3-7,12-13H,8-11,14H2,1-2H3. The van der Waals surface area contributed by atoms with Crippen molar-refractivity contribution in [2.75, 3.05) is 26.2 Å². The maximum absolute atomic E-state index is 13.4. The van der Waals surface area contributed by atoms with Gasteiger partial charge in [-0.2, -0.15) is 0 Å². The highest BCUT2D eigenvalue weighted by Gasteiger charge is 2.24. The van der Waals surface area contributed by atoms with Crippen molar-refractivity contribution in [3.8, 4) is 5.69 Å². The number of benzene rings is 2. The average Bonchev–Trinajstić information content (AvgIpc) is 2.76. The number of carbonyl (C=O) groups excluding carboxylic acids is 2. The van der Waals surface area contributed by atoms with E-state index in [4.69, 9.17) is 11.6 Å². The number of halogens is 1. The van der Waals surface area contributed by atoms with E-state index in [2.05, 4.69) is 0 Å². The molecule has 32 heavy (non-hydrogen) atoms. The van der Waals surface area contributed by atoms with Gasteiger partial charge in [-0.05, 0) is 42.8 Å². The summed E-state index contributed by atoms with van der Waals surface area (Å²) >= 11 is 6.15. The van der Waals surface area contributed by atoms with Crippen LogP contribution >= 0.6 is 11.6 Å². The Hall–Kier alpha value is -3.39. The van der Waals surface area contributed by atoms with Gasteiger partial charge in [-0.3, -0.25) is 19.0 Å². The van der Waals surface area contributed by atoms with E-state index in [1.165, 1.54) is 17.6 Å². The van der Waals surface area contributed by atoms with Crippen LogP contribution in [0.15, 0.2) is 52.1 Å². The van der Waals surface area contributed by atoms with Gasteiger partial charge in [0.25, 0.3) is 5.56 Å². The van der Waals surface area contributed by atoms with Crippen LogP contribution in [0.2, 0.25) is 5.02 Å². The summed E-state index contributed by atoms with van der Waals surface area (Å²) < 4.78 is 2.38. The molecule has 2 amide bonds. The van der Waals surface area contributed by atoms with E-state index in [-0.39, 0.29) is 18.4 Å². The predicted molar refractivity (Wildman–Crippen MR) is 122 cm³/mol. The van der Waals surface area contributed by atoms with Crippen molar-refractivity contribution in [3.05, 3.63) is 73.9 Å². The zero-order chi connectivity index (χ0) is 23.0. The van der Waals surface area contributed by atoms with Gasteiger partial charge < -0.3 is 9.80 Å². The molecule has 2 aromatic carbocycles. The SMILES string of the molecule is CC(=O)N1CCN(C(=O)Cn2c(=O)n(-c3cccc(C)c3)c(=O)c3ccc(Cl)cc32)CC1. The highest BCUT2D eigenvalue weighted by atomic mass is 35.5. The van der Waals surface area contributed by atoms with Gasteiger partial charge in [-0.1, -0.05) is 23.7 Å². The Balaban J connectivity index is 1.79. The van der Waals surface area contributed by atoms with E-state index in [0.29, 0.717) is 47.8 Å². The number of hydrogen-bond acceptors (Lipinski definition) is 4. The third-order valence-corrected chi connectivity index (χ3v) is 5.97. The summed E-state index contributed by atoms with van der Waals surface area (Å²) in [6, 6.07) is 11.8. The lowest BCUT2D eigenvalue weighted by Gasteiger charge is -2.34. The number of hydrogen-bond donors (Lipinski definition) is 0. The van der Waals surface area contributed by atoms with Crippen LogP contribution in [0.4, 0.5) is 0 Å². The Kier molecular flexibility index (Phi) is 5.88. The fourth-order valence-electron chi connectivity index (χ4n) is 3.99. The first-order valence-electron chi connectivity index (χ1n) is 10.3.